The van der Waals surface area contributed by atoms with E-state index in [9.17, 15) is 19.2 Å². The predicted molar refractivity (Wildman–Crippen MR) is 184 cm³/mol. The number of benzene rings is 3. The first-order valence-corrected chi connectivity index (χ1v) is 17.2. The third-order valence-electron chi connectivity index (χ3n) is 10.7. The summed E-state index contributed by atoms with van der Waals surface area (Å²) in [6, 6.07) is 19.3. The van der Waals surface area contributed by atoms with Crippen LogP contribution in [0.2, 0.25) is 0 Å². The van der Waals surface area contributed by atoms with Gasteiger partial charge in [-0.1, -0.05) is 47.1 Å². The van der Waals surface area contributed by atoms with Crippen LogP contribution in [0, 0.1) is 35.5 Å². The van der Waals surface area contributed by atoms with Crippen LogP contribution in [0.3, 0.4) is 0 Å². The lowest BCUT2D eigenvalue weighted by molar-refractivity contribution is -0.124. The Morgan fingerprint density at radius 1 is 0.938 bits per heavy atom. The van der Waals surface area contributed by atoms with Crippen molar-refractivity contribution >= 4 is 56.1 Å². The van der Waals surface area contributed by atoms with Gasteiger partial charge < -0.3 is 9.47 Å². The molecule has 1 aromatic heterocycles. The highest BCUT2D eigenvalue weighted by Gasteiger charge is 2.67. The van der Waals surface area contributed by atoms with E-state index < -0.39 is 12.1 Å². The maximum absolute atomic E-state index is 13.8. The molecule has 0 N–H and O–H groups in total. The second kappa shape index (κ2) is 11.5. The van der Waals surface area contributed by atoms with Crippen molar-refractivity contribution in [3.63, 3.8) is 0 Å². The van der Waals surface area contributed by atoms with Crippen molar-refractivity contribution in [2.75, 3.05) is 12.0 Å². The highest BCUT2D eigenvalue weighted by atomic mass is 79.9. The molecule has 48 heavy (non-hydrogen) atoms. The molecule has 8 nitrogen and oxygen atoms in total. The molecule has 9 rings (SSSR count). The Morgan fingerprint density at radius 3 is 2.19 bits per heavy atom. The third kappa shape index (κ3) is 4.81. The monoisotopic (exact) mass is 704 g/mol. The van der Waals surface area contributed by atoms with Crippen LogP contribution in [-0.4, -0.2) is 41.8 Å². The minimum absolute atomic E-state index is 0.104. The van der Waals surface area contributed by atoms with Crippen LogP contribution in [0.15, 0.2) is 83.4 Å². The standard InChI is InChI=1S/C39H33BrN2O6/c1-4-20-15-23(40)16-30-31(39(46)48-19(2)36(43)22-7-11-25(47-3)12-8-22)18-32(41-35(20)30)21-5-9-24(10-6-21)42-37(44)33-26-13-14-27(29-17-28(26)29)34(33)38(42)45/h5-16,18-19,26-29,33-34H,4,17H2,1-3H3. The molecule has 7 unspecified atom stereocenters. The van der Waals surface area contributed by atoms with Crippen molar-refractivity contribution in [1.29, 1.82) is 0 Å². The zero-order valence-electron chi connectivity index (χ0n) is 26.7. The molecule has 3 fully saturated rings. The van der Waals surface area contributed by atoms with Crippen LogP contribution in [-0.2, 0) is 20.7 Å². The fourth-order valence-electron chi connectivity index (χ4n) is 8.21. The van der Waals surface area contributed by atoms with Crippen LogP contribution < -0.4 is 9.64 Å². The molecule has 1 saturated heterocycles. The average Bonchev–Trinajstić information content (AvgIpc) is 3.89. The Hall–Kier alpha value is -4.63. The van der Waals surface area contributed by atoms with Gasteiger partial charge in [0.25, 0.3) is 0 Å². The van der Waals surface area contributed by atoms with E-state index in [1.165, 1.54) is 4.90 Å². The van der Waals surface area contributed by atoms with Gasteiger partial charge in [0.2, 0.25) is 17.6 Å². The van der Waals surface area contributed by atoms with Crippen molar-refractivity contribution in [3.8, 4) is 17.0 Å². The zero-order valence-corrected chi connectivity index (χ0v) is 28.3. The number of carbonyl (C=O) groups excluding carboxylic acids is 4. The molecule has 2 saturated carbocycles. The largest absolute Gasteiger partial charge is 0.497 e. The van der Waals surface area contributed by atoms with E-state index in [0.29, 0.717) is 57.4 Å². The summed E-state index contributed by atoms with van der Waals surface area (Å²) >= 11 is 3.57. The minimum Gasteiger partial charge on any atom is -0.497 e. The molecule has 1 aliphatic heterocycles. The van der Waals surface area contributed by atoms with Gasteiger partial charge in [-0.15, -0.1) is 0 Å². The van der Waals surface area contributed by atoms with E-state index >= 15 is 0 Å². The van der Waals surface area contributed by atoms with E-state index in [1.54, 1.807) is 56.5 Å². The fourth-order valence-corrected chi connectivity index (χ4v) is 8.71. The number of imide groups is 1. The second-order valence-electron chi connectivity index (χ2n) is 13.2. The minimum atomic E-state index is -1.04. The lowest BCUT2D eigenvalue weighted by atomic mass is 9.63. The van der Waals surface area contributed by atoms with Crippen molar-refractivity contribution in [2.45, 2.75) is 32.8 Å². The number of ether oxygens (including phenoxy) is 2. The van der Waals surface area contributed by atoms with Crippen molar-refractivity contribution in [2.24, 2.45) is 35.5 Å². The van der Waals surface area contributed by atoms with Gasteiger partial charge in [0.1, 0.15) is 5.75 Å². The number of rotatable bonds is 8. The van der Waals surface area contributed by atoms with Crippen LogP contribution in [0.1, 0.15) is 46.5 Å². The van der Waals surface area contributed by atoms with E-state index in [0.717, 1.165) is 16.5 Å². The maximum atomic E-state index is 13.8. The maximum Gasteiger partial charge on any atom is 0.339 e. The number of Topliss-reactive ketones (excluding diaryl/α,β-unsaturated/α-hetero) is 1. The fraction of sp³-hybridized carbons (Fsp3) is 0.308. The van der Waals surface area contributed by atoms with Crippen LogP contribution >= 0.6 is 15.9 Å². The summed E-state index contributed by atoms with van der Waals surface area (Å²) in [4.78, 5) is 60.6. The zero-order chi connectivity index (χ0) is 33.4. The second-order valence-corrected chi connectivity index (χ2v) is 14.1. The van der Waals surface area contributed by atoms with Crippen molar-refractivity contribution in [1.82, 2.24) is 4.98 Å². The number of esters is 1. The van der Waals surface area contributed by atoms with Gasteiger partial charge in [0, 0.05) is 21.0 Å². The van der Waals surface area contributed by atoms with Gasteiger partial charge >= 0.3 is 5.97 Å². The lowest BCUT2D eigenvalue weighted by Gasteiger charge is -2.37. The molecule has 7 atom stereocenters. The SMILES string of the molecule is CCc1cc(Br)cc2c(C(=O)OC(C)C(=O)c3ccc(OC)cc3)cc(-c3ccc(N4C(=O)C5C6C=CC(C7CC67)C5C4=O)cc3)nc12. The molecule has 242 valence electrons. The van der Waals surface area contributed by atoms with Crippen LogP contribution in [0.5, 0.6) is 5.75 Å². The number of hydrogen-bond donors (Lipinski definition) is 0. The first-order valence-electron chi connectivity index (χ1n) is 16.4. The molecular formula is C39H33BrN2O6. The molecule has 3 aromatic carbocycles. The Kier molecular flexibility index (Phi) is 7.36. The molecule has 4 aliphatic carbocycles. The molecule has 4 aromatic rings. The van der Waals surface area contributed by atoms with Crippen LogP contribution in [0.25, 0.3) is 22.2 Å². The van der Waals surface area contributed by atoms with Gasteiger partial charge in [-0.2, -0.15) is 0 Å². The number of aromatic nitrogens is 1. The number of amides is 2. The first-order chi connectivity index (χ1) is 23.2. The Labute approximate surface area is 286 Å². The summed E-state index contributed by atoms with van der Waals surface area (Å²) in [5, 5.41) is 0.604. The van der Waals surface area contributed by atoms with E-state index in [1.807, 2.05) is 31.2 Å². The Balaban J connectivity index is 1.11. The number of pyridine rings is 1. The summed E-state index contributed by atoms with van der Waals surface area (Å²) in [5.74, 6) is 0.300. The third-order valence-corrected chi connectivity index (χ3v) is 11.1. The number of nitrogens with zero attached hydrogens (tertiary/aromatic N) is 2. The normalized spacial score (nSPS) is 25.5. The van der Waals surface area contributed by atoms with Gasteiger partial charge in [-0.05, 0) is 104 Å². The number of anilines is 1. The lowest BCUT2D eigenvalue weighted by Crippen LogP contribution is -2.40. The smallest absolute Gasteiger partial charge is 0.339 e. The van der Waals surface area contributed by atoms with E-state index in [-0.39, 0.29) is 46.8 Å². The Bertz CT molecular complexity index is 2020. The summed E-state index contributed by atoms with van der Waals surface area (Å²) < 4.78 is 11.7. The van der Waals surface area contributed by atoms with Crippen LogP contribution in [0.4, 0.5) is 5.69 Å². The number of methoxy groups -OCH3 is 1. The van der Waals surface area contributed by atoms with Gasteiger partial charge in [0.05, 0.1) is 41.4 Å². The molecule has 0 radical (unpaired) electrons. The molecule has 5 aliphatic rings. The highest BCUT2D eigenvalue weighted by Crippen LogP contribution is 2.65. The average molecular weight is 706 g/mol. The topological polar surface area (TPSA) is 103 Å². The number of allylic oxidation sites excluding steroid dienone is 2. The Morgan fingerprint density at radius 2 is 1.58 bits per heavy atom. The van der Waals surface area contributed by atoms with E-state index in [4.69, 9.17) is 14.5 Å². The quantitative estimate of drug-likeness (QED) is 0.0826. The molecule has 9 heteroatoms. The number of carbonyl (C=O) groups is 4. The summed E-state index contributed by atoms with van der Waals surface area (Å²) in [7, 11) is 1.55. The number of hydrogen-bond acceptors (Lipinski definition) is 7. The van der Waals surface area contributed by atoms with E-state index in [2.05, 4.69) is 28.1 Å². The molecule has 0 spiro atoms. The van der Waals surface area contributed by atoms with Gasteiger partial charge in [-0.25, -0.2) is 9.78 Å². The molecular weight excluding hydrogens is 672 g/mol. The molecule has 2 bridgehead atoms. The van der Waals surface area contributed by atoms with Gasteiger partial charge in [0.15, 0.2) is 6.10 Å². The van der Waals surface area contributed by atoms with Crippen molar-refractivity contribution in [3.05, 3.63) is 100 Å². The summed E-state index contributed by atoms with van der Waals surface area (Å²) in [5.41, 5.74) is 4.05. The summed E-state index contributed by atoms with van der Waals surface area (Å²) in [6.45, 7) is 3.58. The molecule has 2 amide bonds. The number of halogens is 1. The van der Waals surface area contributed by atoms with Crippen molar-refractivity contribution < 1.29 is 28.7 Å². The molecule has 2 heterocycles. The first kappa shape index (κ1) is 30.7. The summed E-state index contributed by atoms with van der Waals surface area (Å²) in [6.07, 6.45) is 5.10. The van der Waals surface area contributed by atoms with Gasteiger partial charge in [-0.3, -0.25) is 19.3 Å². The number of fused-ring (bicyclic) bond motifs is 1. The predicted octanol–water partition coefficient (Wildman–Crippen LogP) is 7.22. The number of aryl methyl sites for hydroxylation is 1. The highest BCUT2D eigenvalue weighted by molar-refractivity contribution is 9.10. The number of ketones is 1.